The number of allylic oxidation sites excluding steroid dienone is 6. The number of amides is 1. The first kappa shape index (κ1) is 57.2. The third kappa shape index (κ3) is 15.3. The van der Waals surface area contributed by atoms with Crippen LogP contribution in [0.2, 0.25) is 0 Å². The smallest absolute Gasteiger partial charge is 0.329 e. The summed E-state index contributed by atoms with van der Waals surface area (Å²) < 4.78 is 35.6. The van der Waals surface area contributed by atoms with E-state index < -0.39 is 77.8 Å². The maximum Gasteiger partial charge on any atom is 0.329 e. The molecule has 15 atom stereocenters. The lowest BCUT2D eigenvalue weighted by atomic mass is 9.78. The minimum Gasteiger partial charge on any atom is -0.460 e. The van der Waals surface area contributed by atoms with E-state index in [4.69, 9.17) is 28.4 Å². The molecule has 384 valence electrons. The normalized spacial score (nSPS) is 39.2. The summed E-state index contributed by atoms with van der Waals surface area (Å²) in [7, 11) is 4.58. The molecule has 0 aromatic heterocycles. The summed E-state index contributed by atoms with van der Waals surface area (Å²) in [6.07, 6.45) is 12.0. The Morgan fingerprint density at radius 1 is 0.853 bits per heavy atom. The lowest BCUT2D eigenvalue weighted by molar-refractivity contribution is -0.265. The van der Waals surface area contributed by atoms with Crippen LogP contribution in [0.3, 0.4) is 0 Å². The van der Waals surface area contributed by atoms with Gasteiger partial charge in [0, 0.05) is 58.5 Å². The van der Waals surface area contributed by atoms with Crippen molar-refractivity contribution in [2.24, 2.45) is 35.5 Å². The van der Waals surface area contributed by atoms with E-state index in [-0.39, 0.29) is 74.1 Å². The topological polar surface area (TPSA) is 205 Å². The van der Waals surface area contributed by atoms with Gasteiger partial charge in [0.05, 0.1) is 37.6 Å². The molecule has 4 rings (SSSR count). The van der Waals surface area contributed by atoms with Gasteiger partial charge >= 0.3 is 5.97 Å². The highest BCUT2D eigenvalue weighted by atomic mass is 16.6. The summed E-state index contributed by atoms with van der Waals surface area (Å²) in [4.78, 5) is 72.1. The zero-order valence-electron chi connectivity index (χ0n) is 42.4. The fourth-order valence-electron chi connectivity index (χ4n) is 10.5. The van der Waals surface area contributed by atoms with E-state index >= 15 is 0 Å². The number of piperidine rings is 1. The molecule has 15 nitrogen and oxygen atoms in total. The second kappa shape index (κ2) is 27.3. The van der Waals surface area contributed by atoms with Gasteiger partial charge in [0.2, 0.25) is 5.79 Å². The Morgan fingerprint density at radius 2 is 1.59 bits per heavy atom. The number of rotatable bonds is 9. The molecular formula is C53H83NO14. The van der Waals surface area contributed by atoms with E-state index in [1.54, 1.807) is 41.1 Å². The molecule has 0 aromatic carbocycles. The fraction of sp³-hybridized carbons (Fsp3) is 0.755. The Bertz CT molecular complexity index is 1810. The van der Waals surface area contributed by atoms with Gasteiger partial charge < -0.3 is 48.6 Å². The molecule has 2 bridgehead atoms. The second-order valence-corrected chi connectivity index (χ2v) is 20.2. The summed E-state index contributed by atoms with van der Waals surface area (Å²) >= 11 is 0. The van der Waals surface area contributed by atoms with Crippen LogP contribution in [0.1, 0.15) is 126 Å². The van der Waals surface area contributed by atoms with Crippen LogP contribution in [-0.2, 0) is 52.4 Å². The van der Waals surface area contributed by atoms with E-state index in [0.717, 1.165) is 12.0 Å². The molecule has 1 saturated carbocycles. The number of carbonyl (C=O) groups excluding carboxylic acids is 5. The number of aliphatic hydroxyl groups excluding tert-OH is 2. The molecule has 3 aliphatic heterocycles. The highest BCUT2D eigenvalue weighted by Crippen LogP contribution is 2.38. The molecule has 4 aliphatic rings. The monoisotopic (exact) mass is 958 g/mol. The molecule has 0 unspecified atom stereocenters. The zero-order chi connectivity index (χ0) is 50.3. The van der Waals surface area contributed by atoms with Crippen molar-refractivity contribution in [3.63, 3.8) is 0 Å². The number of ether oxygens (including phenoxy) is 6. The molecule has 2 saturated heterocycles. The Morgan fingerprint density at radius 3 is 2.26 bits per heavy atom. The quantitative estimate of drug-likeness (QED) is 0.134. The van der Waals surface area contributed by atoms with Gasteiger partial charge in [-0.2, -0.15) is 0 Å². The Labute approximate surface area is 405 Å². The first-order valence-electron chi connectivity index (χ1n) is 25.0. The fourth-order valence-corrected chi connectivity index (χ4v) is 10.5. The summed E-state index contributed by atoms with van der Waals surface area (Å²) in [5, 5.41) is 32.8. The van der Waals surface area contributed by atoms with Gasteiger partial charge in [-0.05, 0) is 107 Å². The molecule has 3 N–H and O–H groups in total. The van der Waals surface area contributed by atoms with Gasteiger partial charge in [-0.1, -0.05) is 71.1 Å². The third-order valence-corrected chi connectivity index (χ3v) is 14.9. The summed E-state index contributed by atoms with van der Waals surface area (Å²) in [6.45, 7) is 12.9. The molecule has 15 heteroatoms. The van der Waals surface area contributed by atoms with E-state index in [0.29, 0.717) is 63.4 Å². The zero-order valence-corrected chi connectivity index (χ0v) is 42.4. The molecule has 1 amide bonds. The first-order valence-corrected chi connectivity index (χ1v) is 25.0. The number of esters is 1. The van der Waals surface area contributed by atoms with Crippen LogP contribution in [0.4, 0.5) is 0 Å². The number of hydrogen-bond donors (Lipinski definition) is 3. The molecule has 3 fully saturated rings. The number of cyclic esters (lactones) is 1. The van der Waals surface area contributed by atoms with E-state index in [9.17, 15) is 39.3 Å². The standard InChI is InChI=1S/C53H83NO14/c1-32-16-12-11-13-17-33(2)44(63-8)30-40-21-19-38(7)53(62,68-40)50(59)51(60)54-23-15-14-18-41(54)52(61)67-45(35(4)28-39-20-22-43(66-25-24-55)46(29-39)64-9)31-42(56)34(3)27-37(6)48(58)49(65-10)47(57)36(5)26-32/h11-13,16-17,27,32,34-36,38-41,43-46,48-49,55,58,62H,14-15,18-26,28-31H2,1-10H3/b13-11+,16-12+,33-17+,37-27+/t32-,34-,35-,36-,38-,39+,40+,41+,43+,44+,45+,46-,48-,49+,53-/m1/s1. The lowest BCUT2D eigenvalue weighted by Crippen LogP contribution is -2.61. The van der Waals surface area contributed by atoms with Gasteiger partial charge in [0.15, 0.2) is 5.78 Å². The number of fused-ring (bicyclic) bond motifs is 3. The average Bonchev–Trinajstić information content (AvgIpc) is 3.32. The SMILES string of the molecule is CO[C@H]1C[C@@H]2CC[C@@H](C)[C@@](O)(O2)C(=O)C(=O)N2CCCC[C@H]2C(=O)O[C@H]([C@H](C)C[C@@H]2CC[C@H](OCCO)[C@H](OC)C2)CC(=O)[C@H](C)/C=C(\C)[C@@H](O)[C@@H](OC)C(=O)[C@H](C)C[C@H](C)/C=C/C=C/C=C/1C. The molecule has 1 aliphatic carbocycles. The minimum absolute atomic E-state index is 0.0158. The average molecular weight is 958 g/mol. The molecule has 0 aromatic rings. The molecule has 68 heavy (non-hydrogen) atoms. The summed E-state index contributed by atoms with van der Waals surface area (Å²) in [5.74, 6) is -7.96. The molecule has 0 radical (unpaired) electrons. The predicted octanol–water partition coefficient (Wildman–Crippen LogP) is 6.20. The predicted molar refractivity (Wildman–Crippen MR) is 256 cm³/mol. The molecular weight excluding hydrogens is 875 g/mol. The van der Waals surface area contributed by atoms with Crippen LogP contribution in [0.25, 0.3) is 0 Å². The van der Waals surface area contributed by atoms with Crippen LogP contribution < -0.4 is 0 Å². The lowest BCUT2D eigenvalue weighted by Gasteiger charge is -2.42. The number of Topliss-reactive ketones (excluding diaryl/α,β-unsaturated/α-hetero) is 3. The largest absolute Gasteiger partial charge is 0.460 e. The van der Waals surface area contributed by atoms with Gasteiger partial charge in [0.1, 0.15) is 30.1 Å². The van der Waals surface area contributed by atoms with Gasteiger partial charge in [-0.15, -0.1) is 0 Å². The van der Waals surface area contributed by atoms with Crippen LogP contribution in [0.5, 0.6) is 0 Å². The van der Waals surface area contributed by atoms with Crippen molar-refractivity contribution in [3.8, 4) is 0 Å². The van der Waals surface area contributed by atoms with E-state index in [1.807, 2.05) is 58.1 Å². The summed E-state index contributed by atoms with van der Waals surface area (Å²) in [5.41, 5.74) is 1.26. The third-order valence-electron chi connectivity index (χ3n) is 14.9. The maximum absolute atomic E-state index is 14.5. The summed E-state index contributed by atoms with van der Waals surface area (Å²) in [6, 6.07) is -1.14. The number of methoxy groups -OCH3 is 3. The van der Waals surface area contributed by atoms with Crippen molar-refractivity contribution in [1.29, 1.82) is 0 Å². The first-order chi connectivity index (χ1) is 32.3. The number of ketones is 3. The van der Waals surface area contributed by atoms with Crippen molar-refractivity contribution in [2.75, 3.05) is 41.1 Å². The van der Waals surface area contributed by atoms with Gasteiger partial charge in [-0.25, -0.2) is 4.79 Å². The Hall–Kier alpha value is -3.41. The maximum atomic E-state index is 14.5. The van der Waals surface area contributed by atoms with E-state index in [1.165, 1.54) is 12.0 Å². The van der Waals surface area contributed by atoms with Gasteiger partial charge in [0.25, 0.3) is 11.7 Å². The van der Waals surface area contributed by atoms with Crippen molar-refractivity contribution in [1.82, 2.24) is 4.90 Å². The van der Waals surface area contributed by atoms with Crippen molar-refractivity contribution in [2.45, 2.75) is 180 Å². The molecule has 0 spiro atoms. The number of hydrogen-bond acceptors (Lipinski definition) is 14. The number of nitrogens with zero attached hydrogens (tertiary/aromatic N) is 1. The van der Waals surface area contributed by atoms with Gasteiger partial charge in [-0.3, -0.25) is 19.2 Å². The van der Waals surface area contributed by atoms with Crippen LogP contribution in [-0.4, -0.2) is 145 Å². The van der Waals surface area contributed by atoms with Crippen molar-refractivity contribution >= 4 is 29.2 Å². The number of carbonyl (C=O) groups is 5. The Kier molecular flexibility index (Phi) is 22.9. The van der Waals surface area contributed by atoms with Crippen LogP contribution in [0, 0.1) is 35.5 Å². The Balaban J connectivity index is 1.70. The minimum atomic E-state index is -2.43. The van der Waals surface area contributed by atoms with Crippen LogP contribution in [0.15, 0.2) is 47.6 Å². The van der Waals surface area contributed by atoms with Crippen molar-refractivity contribution in [3.05, 3.63) is 47.6 Å². The highest BCUT2D eigenvalue weighted by Gasteiger charge is 2.53. The van der Waals surface area contributed by atoms with Crippen molar-refractivity contribution < 1.29 is 67.7 Å². The van der Waals surface area contributed by atoms with Crippen LogP contribution >= 0.6 is 0 Å². The number of aliphatic hydroxyl groups is 3. The molecule has 3 heterocycles. The van der Waals surface area contributed by atoms with E-state index in [2.05, 4.69) is 0 Å². The second-order valence-electron chi connectivity index (χ2n) is 20.2. The highest BCUT2D eigenvalue weighted by molar-refractivity contribution is 6.39.